The van der Waals surface area contributed by atoms with Crippen molar-refractivity contribution in [3.63, 3.8) is 0 Å². The third-order valence-corrected chi connectivity index (χ3v) is 2.55. The molecule has 0 radical (unpaired) electrons. The van der Waals surface area contributed by atoms with Gasteiger partial charge in [0.2, 0.25) is 0 Å². The predicted octanol–water partition coefficient (Wildman–Crippen LogP) is 3.88. The van der Waals surface area contributed by atoms with E-state index in [0.717, 1.165) is 21.2 Å². The van der Waals surface area contributed by atoms with E-state index in [9.17, 15) is 0 Å². The molecule has 1 rings (SSSR count). The maximum Gasteiger partial charge on any atom is 0.0175 e. The second-order valence-electron chi connectivity index (χ2n) is 3.28. The number of allylic oxidation sites excluding steroid dienone is 4. The molecule has 15 heavy (non-hydrogen) atoms. The molecule has 0 saturated carbocycles. The number of benzene rings is 1. The van der Waals surface area contributed by atoms with Crippen molar-refractivity contribution < 1.29 is 0 Å². The number of hydrogen-bond donors (Lipinski definition) is 1. The minimum absolute atomic E-state index is 0.976. The van der Waals surface area contributed by atoms with Crippen molar-refractivity contribution in [1.82, 2.24) is 0 Å². The minimum atomic E-state index is 0.976. The number of nitrogens with two attached hydrogens (primary N) is 1. The zero-order valence-corrected chi connectivity index (χ0v) is 10.3. The highest BCUT2D eigenvalue weighted by Gasteiger charge is 1.94. The maximum absolute atomic E-state index is 5.37. The highest BCUT2D eigenvalue weighted by atomic mass is 79.9. The molecule has 0 aromatic heterocycles. The van der Waals surface area contributed by atoms with Crippen LogP contribution in [0.15, 0.2) is 59.2 Å². The Morgan fingerprint density at radius 2 is 1.87 bits per heavy atom. The lowest BCUT2D eigenvalue weighted by atomic mass is 10.1. The van der Waals surface area contributed by atoms with Crippen LogP contribution in [0.3, 0.4) is 0 Å². The summed E-state index contributed by atoms with van der Waals surface area (Å²) in [5.74, 6) is 0. The minimum Gasteiger partial charge on any atom is -0.404 e. The zero-order chi connectivity index (χ0) is 11.3. The van der Waals surface area contributed by atoms with E-state index in [2.05, 4.69) is 22.5 Å². The van der Waals surface area contributed by atoms with E-state index in [1.807, 2.05) is 43.3 Å². The van der Waals surface area contributed by atoms with Gasteiger partial charge in [-0.1, -0.05) is 46.8 Å². The molecule has 0 saturated heterocycles. The Kier molecular flexibility index (Phi) is 4.37. The quantitative estimate of drug-likeness (QED) is 0.824. The van der Waals surface area contributed by atoms with E-state index >= 15 is 0 Å². The fourth-order valence-corrected chi connectivity index (χ4v) is 1.31. The van der Waals surface area contributed by atoms with Crippen molar-refractivity contribution in [2.45, 2.75) is 6.92 Å². The largest absolute Gasteiger partial charge is 0.404 e. The first-order valence-electron chi connectivity index (χ1n) is 4.65. The van der Waals surface area contributed by atoms with Crippen LogP contribution >= 0.6 is 15.9 Å². The Morgan fingerprint density at radius 1 is 1.27 bits per heavy atom. The number of halogens is 1. The summed E-state index contributed by atoms with van der Waals surface area (Å²) in [5, 5.41) is 0. The summed E-state index contributed by atoms with van der Waals surface area (Å²) in [6.45, 7) is 5.94. The van der Waals surface area contributed by atoms with Crippen molar-refractivity contribution in [3.05, 3.63) is 64.8 Å². The van der Waals surface area contributed by atoms with Gasteiger partial charge in [0, 0.05) is 4.47 Å². The zero-order valence-electron chi connectivity index (χ0n) is 8.70. The summed E-state index contributed by atoms with van der Waals surface area (Å²) in [5.41, 5.74) is 8.48. The Bertz CT molecular complexity index is 399. The molecule has 0 amide bonds. The molecular weight excluding hydrogens is 250 g/mol. The molecular formula is C13H14BrN. The molecule has 0 heterocycles. The lowest BCUT2D eigenvalue weighted by molar-refractivity contribution is 1.43. The van der Waals surface area contributed by atoms with Gasteiger partial charge in [0.05, 0.1) is 0 Å². The van der Waals surface area contributed by atoms with Gasteiger partial charge in [-0.25, -0.2) is 0 Å². The van der Waals surface area contributed by atoms with Crippen LogP contribution in [0.1, 0.15) is 12.5 Å². The Hall–Kier alpha value is -1.28. The van der Waals surface area contributed by atoms with E-state index in [1.54, 1.807) is 6.20 Å². The van der Waals surface area contributed by atoms with Crippen LogP contribution in [0.2, 0.25) is 0 Å². The van der Waals surface area contributed by atoms with Gasteiger partial charge in [-0.05, 0) is 42.0 Å². The number of rotatable bonds is 3. The lowest BCUT2D eigenvalue weighted by Crippen LogP contribution is -1.81. The predicted molar refractivity (Wildman–Crippen MR) is 70.3 cm³/mol. The molecule has 2 heteroatoms. The Balaban J connectivity index is 2.78. The van der Waals surface area contributed by atoms with Gasteiger partial charge in [-0.2, -0.15) is 0 Å². The van der Waals surface area contributed by atoms with E-state index < -0.39 is 0 Å². The van der Waals surface area contributed by atoms with Crippen molar-refractivity contribution in [1.29, 1.82) is 0 Å². The van der Waals surface area contributed by atoms with Gasteiger partial charge in [0.25, 0.3) is 0 Å². The van der Waals surface area contributed by atoms with E-state index in [0.29, 0.717) is 0 Å². The summed E-state index contributed by atoms with van der Waals surface area (Å²) in [7, 11) is 0. The monoisotopic (exact) mass is 263 g/mol. The van der Waals surface area contributed by atoms with Crippen molar-refractivity contribution >= 4 is 21.5 Å². The smallest absolute Gasteiger partial charge is 0.0175 e. The van der Waals surface area contributed by atoms with Crippen LogP contribution in [0.5, 0.6) is 0 Å². The molecule has 1 aromatic rings. The summed E-state index contributed by atoms with van der Waals surface area (Å²) < 4.78 is 1.07. The highest BCUT2D eigenvalue weighted by molar-refractivity contribution is 9.10. The van der Waals surface area contributed by atoms with Crippen LogP contribution in [0.4, 0.5) is 0 Å². The second kappa shape index (κ2) is 5.56. The first-order chi connectivity index (χ1) is 7.13. The normalized spacial score (nSPS) is 12.0. The summed E-state index contributed by atoms with van der Waals surface area (Å²) in [6, 6.07) is 8.05. The van der Waals surface area contributed by atoms with Crippen LogP contribution in [0, 0.1) is 0 Å². The Labute approximate surface area is 99.1 Å². The highest BCUT2D eigenvalue weighted by Crippen LogP contribution is 2.17. The average Bonchev–Trinajstić information content (AvgIpc) is 2.26. The molecule has 0 aliphatic heterocycles. The third-order valence-electron chi connectivity index (χ3n) is 2.03. The van der Waals surface area contributed by atoms with Gasteiger partial charge in [-0.3, -0.25) is 0 Å². The average molecular weight is 264 g/mol. The summed E-state index contributed by atoms with van der Waals surface area (Å²) in [4.78, 5) is 0. The van der Waals surface area contributed by atoms with Gasteiger partial charge in [0.15, 0.2) is 0 Å². The molecule has 1 aromatic carbocycles. The molecule has 0 fully saturated rings. The fourth-order valence-electron chi connectivity index (χ4n) is 1.05. The SMILES string of the molecule is C=C(/C=C\C(C)=C/N)c1ccc(Br)cc1. The number of hydrogen-bond acceptors (Lipinski definition) is 1. The van der Waals surface area contributed by atoms with Crippen LogP contribution in [0.25, 0.3) is 5.57 Å². The first-order valence-corrected chi connectivity index (χ1v) is 5.44. The summed E-state index contributed by atoms with van der Waals surface area (Å²) >= 11 is 3.39. The topological polar surface area (TPSA) is 26.0 Å². The fraction of sp³-hybridized carbons (Fsp3) is 0.0769. The molecule has 0 bridgehead atoms. The van der Waals surface area contributed by atoms with Crippen LogP contribution < -0.4 is 5.73 Å². The van der Waals surface area contributed by atoms with Crippen LogP contribution in [-0.2, 0) is 0 Å². The van der Waals surface area contributed by atoms with E-state index in [-0.39, 0.29) is 0 Å². The van der Waals surface area contributed by atoms with E-state index in [1.165, 1.54) is 0 Å². The van der Waals surface area contributed by atoms with Gasteiger partial charge in [0.1, 0.15) is 0 Å². The maximum atomic E-state index is 5.37. The molecule has 0 spiro atoms. The van der Waals surface area contributed by atoms with Gasteiger partial charge >= 0.3 is 0 Å². The molecule has 0 aliphatic carbocycles. The first kappa shape index (κ1) is 11.8. The van der Waals surface area contributed by atoms with Crippen molar-refractivity contribution in [2.75, 3.05) is 0 Å². The second-order valence-corrected chi connectivity index (χ2v) is 4.19. The molecule has 0 unspecified atom stereocenters. The molecule has 1 nitrogen and oxygen atoms in total. The van der Waals surface area contributed by atoms with E-state index in [4.69, 9.17) is 5.73 Å². The van der Waals surface area contributed by atoms with Crippen LogP contribution in [-0.4, -0.2) is 0 Å². The van der Waals surface area contributed by atoms with Gasteiger partial charge < -0.3 is 5.73 Å². The molecule has 0 atom stereocenters. The van der Waals surface area contributed by atoms with Gasteiger partial charge in [-0.15, -0.1) is 0 Å². The third kappa shape index (κ3) is 3.76. The molecule has 78 valence electrons. The molecule has 0 aliphatic rings. The lowest BCUT2D eigenvalue weighted by Gasteiger charge is -2.00. The Morgan fingerprint density at radius 3 is 2.40 bits per heavy atom. The molecule has 2 N–H and O–H groups in total. The standard InChI is InChI=1S/C13H14BrN/c1-10(9-15)3-4-11(2)12-5-7-13(14)8-6-12/h3-9H,2,15H2,1H3/b4-3-,10-9-. The van der Waals surface area contributed by atoms with Crippen molar-refractivity contribution in [3.8, 4) is 0 Å². The van der Waals surface area contributed by atoms with Crippen molar-refractivity contribution in [2.24, 2.45) is 5.73 Å². The summed E-state index contributed by atoms with van der Waals surface area (Å²) in [6.07, 6.45) is 5.48.